The van der Waals surface area contributed by atoms with E-state index in [9.17, 15) is 9.90 Å². The average Bonchev–Trinajstić information content (AvgIpc) is 3.17. The van der Waals surface area contributed by atoms with Crippen LogP contribution in [0.1, 0.15) is 104 Å². The fourth-order valence-corrected chi connectivity index (χ4v) is 8.11. The highest BCUT2D eigenvalue weighted by molar-refractivity contribution is 5.98. The number of benzene rings is 2. The number of carbonyl (C=O) groups is 1. The van der Waals surface area contributed by atoms with E-state index in [1.165, 1.54) is 99.4 Å². The summed E-state index contributed by atoms with van der Waals surface area (Å²) in [6.07, 6.45) is 14.3. The lowest BCUT2D eigenvalue weighted by molar-refractivity contribution is 0.0697. The van der Waals surface area contributed by atoms with Crippen LogP contribution in [-0.4, -0.2) is 41.2 Å². The SMILES string of the molecule is CN(C)CCCCC1CCC2Cn3c(c(C4CCCCC4)c4ccc(C(=O)O)cc43)-c3ccccc3C2C1. The van der Waals surface area contributed by atoms with Crippen LogP contribution in [0.15, 0.2) is 42.5 Å². The van der Waals surface area contributed by atoms with Gasteiger partial charge in [0.1, 0.15) is 0 Å². The molecule has 4 heteroatoms. The Morgan fingerprint density at radius 3 is 2.61 bits per heavy atom. The topological polar surface area (TPSA) is 45.5 Å². The summed E-state index contributed by atoms with van der Waals surface area (Å²) in [5.41, 5.74) is 7.42. The Balaban J connectivity index is 1.43. The van der Waals surface area contributed by atoms with E-state index < -0.39 is 5.97 Å². The van der Waals surface area contributed by atoms with Crippen molar-refractivity contribution < 1.29 is 9.90 Å². The zero-order chi connectivity index (χ0) is 26.2. The number of hydrogen-bond donors (Lipinski definition) is 1. The van der Waals surface area contributed by atoms with Crippen molar-refractivity contribution in [2.75, 3.05) is 20.6 Å². The third-order valence-electron chi connectivity index (χ3n) is 9.97. The molecule has 0 radical (unpaired) electrons. The van der Waals surface area contributed by atoms with E-state index in [1.54, 1.807) is 5.56 Å². The maximum Gasteiger partial charge on any atom is 0.335 e. The summed E-state index contributed by atoms with van der Waals surface area (Å²) in [7, 11) is 4.35. The van der Waals surface area contributed by atoms with Crippen LogP contribution in [0.4, 0.5) is 0 Å². The molecule has 0 spiro atoms. The second-order valence-electron chi connectivity index (χ2n) is 12.7. The molecule has 3 aliphatic rings. The summed E-state index contributed by atoms with van der Waals surface area (Å²) in [4.78, 5) is 14.3. The lowest BCUT2D eigenvalue weighted by Crippen LogP contribution is -2.26. The molecule has 0 bridgehead atoms. The summed E-state index contributed by atoms with van der Waals surface area (Å²) < 4.78 is 2.56. The number of rotatable bonds is 7. The normalized spacial score (nSPS) is 23.6. The van der Waals surface area contributed by atoms with Crippen LogP contribution in [0.5, 0.6) is 0 Å². The number of aromatic carboxylic acids is 1. The van der Waals surface area contributed by atoms with E-state index in [0.717, 1.165) is 18.0 Å². The number of hydrogen-bond acceptors (Lipinski definition) is 2. The van der Waals surface area contributed by atoms with Crippen molar-refractivity contribution in [1.29, 1.82) is 0 Å². The zero-order valence-electron chi connectivity index (χ0n) is 23.3. The van der Waals surface area contributed by atoms with Gasteiger partial charge in [-0.15, -0.1) is 0 Å². The van der Waals surface area contributed by atoms with E-state index in [2.05, 4.69) is 53.9 Å². The van der Waals surface area contributed by atoms with E-state index in [0.29, 0.717) is 23.3 Å². The quantitative estimate of drug-likeness (QED) is 0.324. The van der Waals surface area contributed by atoms with Crippen molar-refractivity contribution in [3.8, 4) is 11.3 Å². The van der Waals surface area contributed by atoms with Gasteiger partial charge in [0.15, 0.2) is 0 Å². The Morgan fingerprint density at radius 1 is 1.00 bits per heavy atom. The molecule has 1 N–H and O–H groups in total. The summed E-state index contributed by atoms with van der Waals surface area (Å²) >= 11 is 0. The predicted octanol–water partition coefficient (Wildman–Crippen LogP) is 8.30. The van der Waals surface area contributed by atoms with Crippen molar-refractivity contribution in [1.82, 2.24) is 9.47 Å². The minimum atomic E-state index is -0.830. The van der Waals surface area contributed by atoms with E-state index >= 15 is 0 Å². The number of nitrogens with zero attached hydrogens (tertiary/aromatic N) is 2. The van der Waals surface area contributed by atoms with Gasteiger partial charge < -0.3 is 14.6 Å². The molecule has 2 saturated carbocycles. The Bertz CT molecular complexity index is 1300. The highest BCUT2D eigenvalue weighted by Gasteiger charge is 2.38. The largest absolute Gasteiger partial charge is 0.478 e. The summed E-state index contributed by atoms with van der Waals surface area (Å²) in [5, 5.41) is 11.1. The number of carboxylic acid groups (broad SMARTS) is 1. The minimum Gasteiger partial charge on any atom is -0.478 e. The summed E-state index contributed by atoms with van der Waals surface area (Å²) in [6, 6.07) is 15.2. The van der Waals surface area contributed by atoms with Crippen molar-refractivity contribution >= 4 is 16.9 Å². The minimum absolute atomic E-state index is 0.406. The smallest absolute Gasteiger partial charge is 0.335 e. The molecule has 1 aromatic heterocycles. The molecule has 3 unspecified atom stereocenters. The van der Waals surface area contributed by atoms with Crippen LogP contribution >= 0.6 is 0 Å². The maximum absolute atomic E-state index is 12.0. The van der Waals surface area contributed by atoms with Gasteiger partial charge in [-0.2, -0.15) is 0 Å². The molecule has 2 aliphatic carbocycles. The number of aromatic nitrogens is 1. The molecule has 2 aromatic carbocycles. The third kappa shape index (κ3) is 4.81. The molecule has 2 fully saturated rings. The Kier molecular flexibility index (Phi) is 7.35. The number of fused-ring (bicyclic) bond motifs is 7. The van der Waals surface area contributed by atoms with Gasteiger partial charge in [0.2, 0.25) is 0 Å². The van der Waals surface area contributed by atoms with Crippen molar-refractivity contribution in [2.45, 2.75) is 89.0 Å². The molecular weight excluding hydrogens is 468 g/mol. The second kappa shape index (κ2) is 10.9. The molecule has 1 aliphatic heterocycles. The third-order valence-corrected chi connectivity index (χ3v) is 9.97. The average molecular weight is 513 g/mol. The lowest BCUT2D eigenvalue weighted by Gasteiger charge is -2.36. The standard InChI is InChI=1S/C34H44N2O2/c1-35(2)19-9-8-10-23-15-16-26-22-36-31-21-25(34(37)38)17-18-29(31)32(24-11-4-3-5-12-24)33(36)28-14-7-6-13-27(28)30(26)20-23/h6-7,13-14,17-18,21,23-24,26,30H,3-5,8-12,15-16,19-20,22H2,1-2H3,(H,37,38). The highest BCUT2D eigenvalue weighted by atomic mass is 16.4. The van der Waals surface area contributed by atoms with Crippen LogP contribution < -0.4 is 0 Å². The maximum atomic E-state index is 12.0. The fraction of sp³-hybridized carbons (Fsp3) is 0.559. The highest BCUT2D eigenvalue weighted by Crippen LogP contribution is 2.52. The monoisotopic (exact) mass is 512 g/mol. The van der Waals surface area contributed by atoms with E-state index in [1.807, 2.05) is 12.1 Å². The number of carboxylic acids is 1. The molecule has 0 amide bonds. The number of unbranched alkanes of at least 4 members (excludes halogenated alkanes) is 1. The van der Waals surface area contributed by atoms with Crippen molar-refractivity contribution in [2.24, 2.45) is 11.8 Å². The molecule has 2 heterocycles. The van der Waals surface area contributed by atoms with Crippen LogP contribution in [0, 0.1) is 11.8 Å². The van der Waals surface area contributed by atoms with Crippen LogP contribution in [-0.2, 0) is 6.54 Å². The van der Waals surface area contributed by atoms with Gasteiger partial charge in [0.25, 0.3) is 0 Å². The van der Waals surface area contributed by atoms with Gasteiger partial charge in [-0.25, -0.2) is 4.79 Å². The van der Waals surface area contributed by atoms with Gasteiger partial charge in [-0.3, -0.25) is 0 Å². The first-order valence-electron chi connectivity index (χ1n) is 15.1. The molecule has 38 heavy (non-hydrogen) atoms. The lowest BCUT2D eigenvalue weighted by atomic mass is 9.69. The molecule has 202 valence electrons. The van der Waals surface area contributed by atoms with Crippen molar-refractivity contribution in [3.63, 3.8) is 0 Å². The summed E-state index contributed by atoms with van der Waals surface area (Å²) in [5.74, 6) is 1.76. The van der Waals surface area contributed by atoms with Gasteiger partial charge in [0.05, 0.1) is 11.3 Å². The summed E-state index contributed by atoms with van der Waals surface area (Å²) in [6.45, 7) is 2.20. The second-order valence-corrected chi connectivity index (χ2v) is 12.7. The molecule has 3 aromatic rings. The molecule has 0 saturated heterocycles. The Labute approximate surface area is 228 Å². The van der Waals surface area contributed by atoms with Crippen LogP contribution in [0.25, 0.3) is 22.2 Å². The van der Waals surface area contributed by atoms with Gasteiger partial charge in [-0.05, 0) is 99.7 Å². The molecule has 6 rings (SSSR count). The molecular formula is C34H44N2O2. The molecule has 3 atom stereocenters. The predicted molar refractivity (Wildman–Crippen MR) is 156 cm³/mol. The van der Waals surface area contributed by atoms with Gasteiger partial charge >= 0.3 is 5.97 Å². The van der Waals surface area contributed by atoms with Gasteiger partial charge in [0, 0.05) is 23.0 Å². The van der Waals surface area contributed by atoms with Crippen LogP contribution in [0.2, 0.25) is 0 Å². The van der Waals surface area contributed by atoms with Gasteiger partial charge in [-0.1, -0.05) is 68.9 Å². The van der Waals surface area contributed by atoms with Crippen molar-refractivity contribution in [3.05, 3.63) is 59.2 Å². The fourth-order valence-electron chi connectivity index (χ4n) is 8.11. The van der Waals surface area contributed by atoms with E-state index in [4.69, 9.17) is 0 Å². The van der Waals surface area contributed by atoms with Crippen LogP contribution in [0.3, 0.4) is 0 Å². The Morgan fingerprint density at radius 2 is 1.82 bits per heavy atom. The first kappa shape index (κ1) is 25.7. The first-order valence-corrected chi connectivity index (χ1v) is 15.1. The van der Waals surface area contributed by atoms with E-state index in [-0.39, 0.29) is 0 Å². The Hall–Kier alpha value is -2.59. The molecule has 4 nitrogen and oxygen atoms in total. The first-order chi connectivity index (χ1) is 18.5. The zero-order valence-corrected chi connectivity index (χ0v) is 23.3.